The first kappa shape index (κ1) is 16.0. The first-order valence-corrected chi connectivity index (χ1v) is 8.50. The molecule has 6 heteroatoms. The molecule has 0 amide bonds. The van der Waals surface area contributed by atoms with Crippen molar-refractivity contribution in [3.8, 4) is 0 Å². The standard InChI is InChI=1S/C14H20ClO4P/c1-11(15)14(16,12-7-5-4-6-8-12)20(17)18-9-13(2,3)10-19-20/h4-8,11,16H,9-10H2,1-3H3/t11-,14+/m0/s1. The smallest absolute Gasteiger partial charge is 0.368 e. The van der Waals surface area contributed by atoms with Crippen molar-refractivity contribution >= 4 is 19.2 Å². The fourth-order valence-corrected chi connectivity index (χ4v) is 4.98. The van der Waals surface area contributed by atoms with Crippen LogP contribution in [0.1, 0.15) is 26.3 Å². The molecule has 1 aliphatic heterocycles. The van der Waals surface area contributed by atoms with Crippen molar-refractivity contribution in [3.63, 3.8) is 0 Å². The van der Waals surface area contributed by atoms with Crippen molar-refractivity contribution in [2.45, 2.75) is 31.5 Å². The van der Waals surface area contributed by atoms with Crippen molar-refractivity contribution in [2.75, 3.05) is 13.2 Å². The predicted octanol–water partition coefficient (Wildman–Crippen LogP) is 3.73. The molecule has 1 N–H and O–H groups in total. The van der Waals surface area contributed by atoms with Crippen LogP contribution in [0.5, 0.6) is 0 Å². The van der Waals surface area contributed by atoms with Gasteiger partial charge >= 0.3 is 7.60 Å². The summed E-state index contributed by atoms with van der Waals surface area (Å²) in [5.74, 6) is 0. The Morgan fingerprint density at radius 3 is 2.25 bits per heavy atom. The summed E-state index contributed by atoms with van der Waals surface area (Å²) in [7, 11) is -3.77. The first-order chi connectivity index (χ1) is 9.21. The predicted molar refractivity (Wildman–Crippen MR) is 78.9 cm³/mol. The van der Waals surface area contributed by atoms with Gasteiger partial charge in [-0.3, -0.25) is 4.57 Å². The van der Waals surface area contributed by atoms with Gasteiger partial charge in [-0.25, -0.2) is 0 Å². The van der Waals surface area contributed by atoms with Gasteiger partial charge in [0.25, 0.3) is 0 Å². The molecule has 0 aromatic heterocycles. The van der Waals surface area contributed by atoms with Crippen molar-refractivity contribution < 1.29 is 18.7 Å². The van der Waals surface area contributed by atoms with Crippen LogP contribution in [-0.2, 0) is 19.0 Å². The maximum absolute atomic E-state index is 13.0. The fraction of sp³-hybridized carbons (Fsp3) is 0.571. The maximum atomic E-state index is 13.0. The van der Waals surface area contributed by atoms with Crippen LogP contribution in [0.3, 0.4) is 0 Å². The summed E-state index contributed by atoms with van der Waals surface area (Å²) in [5.41, 5.74) is 0.201. The normalized spacial score (nSPS) is 25.6. The van der Waals surface area contributed by atoms with Crippen molar-refractivity contribution in [1.29, 1.82) is 0 Å². The van der Waals surface area contributed by atoms with E-state index in [1.165, 1.54) is 0 Å². The molecule has 1 aliphatic rings. The third kappa shape index (κ3) is 2.68. The molecule has 1 aromatic rings. The van der Waals surface area contributed by atoms with Gasteiger partial charge in [0.2, 0.25) is 5.34 Å². The molecule has 0 saturated carbocycles. The molecule has 1 fully saturated rings. The quantitative estimate of drug-likeness (QED) is 0.681. The molecule has 0 aliphatic carbocycles. The van der Waals surface area contributed by atoms with Gasteiger partial charge in [-0.05, 0) is 12.5 Å². The van der Waals surface area contributed by atoms with E-state index in [-0.39, 0.29) is 18.6 Å². The molecular formula is C14H20ClO4P. The Labute approximate surface area is 124 Å². The molecule has 112 valence electrons. The average molecular weight is 319 g/mol. The van der Waals surface area contributed by atoms with E-state index in [2.05, 4.69) is 0 Å². The Kier molecular flexibility index (Phi) is 4.35. The number of hydrogen-bond donors (Lipinski definition) is 1. The zero-order chi connectivity index (χ0) is 15.0. The second-order valence-electron chi connectivity index (χ2n) is 5.92. The molecule has 2 atom stereocenters. The summed E-state index contributed by atoms with van der Waals surface area (Å²) in [6, 6.07) is 8.65. The third-order valence-corrected chi connectivity index (χ3v) is 6.31. The van der Waals surface area contributed by atoms with E-state index in [1.54, 1.807) is 31.2 Å². The molecule has 1 saturated heterocycles. The number of aliphatic hydroxyl groups is 1. The molecule has 1 aromatic carbocycles. The number of hydrogen-bond acceptors (Lipinski definition) is 4. The highest BCUT2D eigenvalue weighted by Gasteiger charge is 2.57. The molecule has 4 nitrogen and oxygen atoms in total. The van der Waals surface area contributed by atoms with E-state index in [9.17, 15) is 9.67 Å². The number of benzene rings is 1. The van der Waals surface area contributed by atoms with Crippen LogP contribution < -0.4 is 0 Å². The number of rotatable bonds is 3. The van der Waals surface area contributed by atoms with Crippen LogP contribution in [0, 0.1) is 5.41 Å². The van der Waals surface area contributed by atoms with Crippen LogP contribution in [-0.4, -0.2) is 23.7 Å². The monoisotopic (exact) mass is 318 g/mol. The van der Waals surface area contributed by atoms with Crippen molar-refractivity contribution in [3.05, 3.63) is 35.9 Å². The topological polar surface area (TPSA) is 55.8 Å². The second-order valence-corrected chi connectivity index (χ2v) is 8.76. The van der Waals surface area contributed by atoms with E-state index in [1.807, 2.05) is 19.9 Å². The van der Waals surface area contributed by atoms with Gasteiger partial charge in [0.05, 0.1) is 18.6 Å². The molecule has 0 spiro atoms. The Morgan fingerprint density at radius 2 is 1.80 bits per heavy atom. The summed E-state index contributed by atoms with van der Waals surface area (Å²) in [5, 5.41) is 8.29. The molecule has 0 bridgehead atoms. The van der Waals surface area contributed by atoms with Gasteiger partial charge < -0.3 is 14.2 Å². The highest BCUT2D eigenvalue weighted by atomic mass is 35.5. The molecule has 0 unspecified atom stereocenters. The SMILES string of the molecule is C[C@H](Cl)[C@](O)(c1ccccc1)P1(=O)OCC(C)(C)CO1. The van der Waals surface area contributed by atoms with Crippen LogP contribution >= 0.6 is 19.2 Å². The van der Waals surface area contributed by atoms with Crippen LogP contribution in [0.25, 0.3) is 0 Å². The van der Waals surface area contributed by atoms with Gasteiger partial charge in [0.15, 0.2) is 0 Å². The Bertz CT molecular complexity index is 503. The third-order valence-electron chi connectivity index (χ3n) is 3.42. The Morgan fingerprint density at radius 1 is 1.30 bits per heavy atom. The first-order valence-electron chi connectivity index (χ1n) is 6.52. The minimum absolute atomic E-state index is 0.235. The maximum Gasteiger partial charge on any atom is 0.368 e. The molecule has 2 rings (SSSR count). The van der Waals surface area contributed by atoms with Gasteiger partial charge in [-0.2, -0.15) is 0 Å². The van der Waals surface area contributed by atoms with Gasteiger partial charge in [-0.1, -0.05) is 44.2 Å². The van der Waals surface area contributed by atoms with Gasteiger partial charge in [0.1, 0.15) is 0 Å². The van der Waals surface area contributed by atoms with Gasteiger partial charge in [-0.15, -0.1) is 11.6 Å². The van der Waals surface area contributed by atoms with Crippen LogP contribution in [0.2, 0.25) is 0 Å². The van der Waals surface area contributed by atoms with E-state index in [0.717, 1.165) is 0 Å². The highest BCUT2D eigenvalue weighted by Crippen LogP contribution is 2.68. The lowest BCUT2D eigenvalue weighted by molar-refractivity contribution is -0.00539. The Balaban J connectivity index is 2.42. The molecule has 0 radical (unpaired) electrons. The zero-order valence-electron chi connectivity index (χ0n) is 11.9. The number of halogens is 1. The van der Waals surface area contributed by atoms with E-state index < -0.39 is 18.3 Å². The summed E-state index contributed by atoms with van der Waals surface area (Å²) >= 11 is 6.13. The molecule has 1 heterocycles. The summed E-state index contributed by atoms with van der Waals surface area (Å²) in [4.78, 5) is 0. The lowest BCUT2D eigenvalue weighted by Crippen LogP contribution is -2.41. The van der Waals surface area contributed by atoms with Crippen LogP contribution in [0.15, 0.2) is 30.3 Å². The van der Waals surface area contributed by atoms with Crippen molar-refractivity contribution in [1.82, 2.24) is 0 Å². The fourth-order valence-electron chi connectivity index (χ4n) is 2.08. The average Bonchev–Trinajstić information content (AvgIpc) is 2.42. The lowest BCUT2D eigenvalue weighted by Gasteiger charge is -2.42. The van der Waals surface area contributed by atoms with E-state index >= 15 is 0 Å². The van der Waals surface area contributed by atoms with Crippen LogP contribution in [0.4, 0.5) is 0 Å². The summed E-state index contributed by atoms with van der Waals surface area (Å²) in [6.45, 7) is 5.98. The molecule has 20 heavy (non-hydrogen) atoms. The summed E-state index contributed by atoms with van der Waals surface area (Å²) < 4.78 is 23.9. The summed E-state index contributed by atoms with van der Waals surface area (Å²) in [6.07, 6.45) is 0. The molecular weight excluding hydrogens is 299 g/mol. The van der Waals surface area contributed by atoms with Crippen molar-refractivity contribution in [2.24, 2.45) is 5.41 Å². The van der Waals surface area contributed by atoms with E-state index in [0.29, 0.717) is 5.56 Å². The highest BCUT2D eigenvalue weighted by molar-refractivity contribution is 7.55. The van der Waals surface area contributed by atoms with E-state index in [4.69, 9.17) is 20.6 Å². The number of alkyl halides is 1. The Hall–Kier alpha value is -0.380. The second kappa shape index (κ2) is 5.43. The minimum atomic E-state index is -3.77. The minimum Gasteiger partial charge on any atom is -0.372 e. The largest absolute Gasteiger partial charge is 0.372 e. The zero-order valence-corrected chi connectivity index (χ0v) is 13.5. The lowest BCUT2D eigenvalue weighted by atomic mass is 9.97. The van der Waals surface area contributed by atoms with Gasteiger partial charge in [0, 0.05) is 5.41 Å².